The third kappa shape index (κ3) is 2.38. The lowest BCUT2D eigenvalue weighted by molar-refractivity contribution is -0.113. The summed E-state index contributed by atoms with van der Waals surface area (Å²) in [5.41, 5.74) is 0.906. The number of rotatable bonds is 3. The largest absolute Gasteiger partial charge is 0.497 e. The van der Waals surface area contributed by atoms with E-state index < -0.39 is 0 Å². The van der Waals surface area contributed by atoms with Crippen LogP contribution in [0.4, 0.5) is 0 Å². The highest BCUT2D eigenvalue weighted by atomic mass is 16.5. The van der Waals surface area contributed by atoms with E-state index in [1.54, 1.807) is 13.5 Å². The molecule has 0 aliphatic heterocycles. The molecule has 0 saturated carbocycles. The standard InChI is InChI=1S/C10H11O2/c1-8(11)7-9-3-5-10(12-2)6-4-9/h3-7H,1-2H3. The van der Waals surface area contributed by atoms with Gasteiger partial charge in [-0.1, -0.05) is 12.1 Å². The van der Waals surface area contributed by atoms with Crippen LogP contribution in [0.25, 0.3) is 0 Å². The maximum Gasteiger partial charge on any atom is 0.138 e. The Morgan fingerprint density at radius 1 is 1.33 bits per heavy atom. The van der Waals surface area contributed by atoms with Crippen LogP contribution >= 0.6 is 0 Å². The molecule has 1 aromatic rings. The van der Waals surface area contributed by atoms with Crippen molar-refractivity contribution in [2.24, 2.45) is 0 Å². The summed E-state index contributed by atoms with van der Waals surface area (Å²) in [6.45, 7) is 1.53. The minimum absolute atomic E-state index is 0.0557. The second-order valence-electron chi connectivity index (χ2n) is 2.53. The number of methoxy groups -OCH3 is 1. The molecular weight excluding hydrogens is 152 g/mol. The molecule has 1 radical (unpaired) electrons. The Labute approximate surface area is 72.2 Å². The van der Waals surface area contributed by atoms with E-state index in [9.17, 15) is 4.79 Å². The predicted molar refractivity (Wildman–Crippen MR) is 47.1 cm³/mol. The third-order valence-electron chi connectivity index (χ3n) is 1.49. The van der Waals surface area contributed by atoms with Gasteiger partial charge in [0.2, 0.25) is 0 Å². The Balaban J connectivity index is 2.71. The fourth-order valence-corrected chi connectivity index (χ4v) is 0.935. The Morgan fingerprint density at radius 2 is 1.92 bits per heavy atom. The van der Waals surface area contributed by atoms with E-state index in [-0.39, 0.29) is 5.78 Å². The van der Waals surface area contributed by atoms with Crippen LogP contribution in [0.3, 0.4) is 0 Å². The number of carbonyl (C=O) groups is 1. The summed E-state index contributed by atoms with van der Waals surface area (Å²) in [5, 5.41) is 0. The van der Waals surface area contributed by atoms with Crippen molar-refractivity contribution in [1.29, 1.82) is 0 Å². The lowest BCUT2D eigenvalue weighted by Gasteiger charge is -2.00. The van der Waals surface area contributed by atoms with E-state index in [0.29, 0.717) is 0 Å². The second kappa shape index (κ2) is 3.90. The van der Waals surface area contributed by atoms with Gasteiger partial charge in [0.25, 0.3) is 0 Å². The molecule has 0 spiro atoms. The van der Waals surface area contributed by atoms with Gasteiger partial charge in [0.05, 0.1) is 13.5 Å². The first-order valence-electron chi connectivity index (χ1n) is 3.72. The van der Waals surface area contributed by atoms with Crippen LogP contribution in [0.15, 0.2) is 24.3 Å². The number of benzene rings is 1. The summed E-state index contributed by atoms with van der Waals surface area (Å²) in [7, 11) is 1.61. The fraction of sp³-hybridized carbons (Fsp3) is 0.200. The highest BCUT2D eigenvalue weighted by Crippen LogP contribution is 2.12. The molecule has 0 N–H and O–H groups in total. The molecule has 0 fully saturated rings. The van der Waals surface area contributed by atoms with Crippen molar-refractivity contribution in [3.63, 3.8) is 0 Å². The van der Waals surface area contributed by atoms with Crippen molar-refractivity contribution in [2.75, 3.05) is 7.11 Å². The first kappa shape index (κ1) is 8.78. The van der Waals surface area contributed by atoms with Crippen LogP contribution in [-0.4, -0.2) is 12.9 Å². The first-order chi connectivity index (χ1) is 5.72. The van der Waals surface area contributed by atoms with E-state index in [0.717, 1.165) is 11.3 Å². The summed E-state index contributed by atoms with van der Waals surface area (Å²) >= 11 is 0. The molecule has 2 nitrogen and oxygen atoms in total. The summed E-state index contributed by atoms with van der Waals surface area (Å²) in [5.74, 6) is 0.857. The number of ether oxygens (including phenoxy) is 1. The number of ketones is 1. The molecule has 0 amide bonds. The molecule has 0 unspecified atom stereocenters. The number of carbonyl (C=O) groups excluding carboxylic acids is 1. The lowest BCUT2D eigenvalue weighted by Crippen LogP contribution is -1.92. The Hall–Kier alpha value is -1.31. The summed E-state index contributed by atoms with van der Waals surface area (Å²) in [4.78, 5) is 10.7. The average Bonchev–Trinajstić information content (AvgIpc) is 2.05. The van der Waals surface area contributed by atoms with Crippen molar-refractivity contribution >= 4 is 5.78 Å². The van der Waals surface area contributed by atoms with E-state index in [2.05, 4.69) is 0 Å². The highest BCUT2D eigenvalue weighted by molar-refractivity contribution is 5.88. The summed E-state index contributed by atoms with van der Waals surface area (Å²) in [6, 6.07) is 7.35. The minimum Gasteiger partial charge on any atom is -0.497 e. The number of Topliss-reactive ketones (excluding diaryl/α,β-unsaturated/α-hetero) is 1. The van der Waals surface area contributed by atoms with Crippen molar-refractivity contribution < 1.29 is 9.53 Å². The van der Waals surface area contributed by atoms with E-state index in [4.69, 9.17) is 4.74 Å². The zero-order valence-electron chi connectivity index (χ0n) is 7.20. The molecule has 1 rings (SSSR count). The molecular formula is C10H11O2. The van der Waals surface area contributed by atoms with Crippen LogP contribution < -0.4 is 4.74 Å². The van der Waals surface area contributed by atoms with Crippen molar-refractivity contribution in [3.8, 4) is 5.75 Å². The maximum atomic E-state index is 10.7. The Kier molecular flexibility index (Phi) is 2.86. The van der Waals surface area contributed by atoms with Gasteiger partial charge in [0, 0.05) is 0 Å². The van der Waals surface area contributed by atoms with Crippen molar-refractivity contribution in [1.82, 2.24) is 0 Å². The van der Waals surface area contributed by atoms with Gasteiger partial charge in [-0.05, 0) is 24.6 Å². The SMILES string of the molecule is COc1ccc([CH]C(C)=O)cc1. The predicted octanol–water partition coefficient (Wildman–Crippen LogP) is 1.84. The van der Waals surface area contributed by atoms with Crippen molar-refractivity contribution in [3.05, 3.63) is 36.2 Å². The first-order valence-corrected chi connectivity index (χ1v) is 3.72. The van der Waals surface area contributed by atoms with Crippen LogP contribution in [-0.2, 0) is 4.79 Å². The molecule has 1 aromatic carbocycles. The monoisotopic (exact) mass is 163 g/mol. The Morgan fingerprint density at radius 3 is 2.33 bits per heavy atom. The zero-order valence-corrected chi connectivity index (χ0v) is 7.20. The highest BCUT2D eigenvalue weighted by Gasteiger charge is 1.97. The van der Waals surface area contributed by atoms with Crippen molar-refractivity contribution in [2.45, 2.75) is 6.92 Å². The Bertz CT molecular complexity index is 262. The molecule has 0 aliphatic rings. The van der Waals surface area contributed by atoms with Crippen LogP contribution in [0.2, 0.25) is 0 Å². The fourth-order valence-electron chi connectivity index (χ4n) is 0.935. The van der Waals surface area contributed by atoms with E-state index >= 15 is 0 Å². The van der Waals surface area contributed by atoms with Crippen LogP contribution in [0.5, 0.6) is 5.75 Å². The molecule has 0 bridgehead atoms. The molecule has 0 atom stereocenters. The molecule has 0 aromatic heterocycles. The normalized spacial score (nSPS) is 9.50. The smallest absolute Gasteiger partial charge is 0.138 e. The number of hydrogen-bond acceptors (Lipinski definition) is 2. The van der Waals surface area contributed by atoms with Crippen LogP contribution in [0, 0.1) is 6.42 Å². The topological polar surface area (TPSA) is 26.3 Å². The molecule has 0 saturated heterocycles. The van der Waals surface area contributed by atoms with Gasteiger partial charge in [-0.15, -0.1) is 0 Å². The average molecular weight is 163 g/mol. The van der Waals surface area contributed by atoms with Gasteiger partial charge in [-0.2, -0.15) is 0 Å². The maximum absolute atomic E-state index is 10.7. The minimum atomic E-state index is 0.0557. The van der Waals surface area contributed by atoms with Gasteiger partial charge in [-0.25, -0.2) is 0 Å². The summed E-state index contributed by atoms with van der Waals surface area (Å²) < 4.78 is 4.98. The van der Waals surface area contributed by atoms with Gasteiger partial charge in [0.15, 0.2) is 0 Å². The van der Waals surface area contributed by atoms with E-state index in [1.807, 2.05) is 24.3 Å². The zero-order chi connectivity index (χ0) is 8.97. The van der Waals surface area contributed by atoms with Crippen LogP contribution in [0.1, 0.15) is 12.5 Å². The lowest BCUT2D eigenvalue weighted by atomic mass is 10.1. The summed E-state index contributed by atoms with van der Waals surface area (Å²) in [6.07, 6.45) is 1.58. The van der Waals surface area contributed by atoms with Gasteiger partial charge in [-0.3, -0.25) is 4.79 Å². The van der Waals surface area contributed by atoms with Gasteiger partial charge < -0.3 is 4.74 Å². The quantitative estimate of drug-likeness (QED) is 0.679. The molecule has 2 heteroatoms. The van der Waals surface area contributed by atoms with Gasteiger partial charge in [0.1, 0.15) is 11.5 Å². The third-order valence-corrected chi connectivity index (χ3v) is 1.49. The number of hydrogen-bond donors (Lipinski definition) is 0. The van der Waals surface area contributed by atoms with E-state index in [1.165, 1.54) is 6.92 Å². The molecule has 0 aliphatic carbocycles. The second-order valence-corrected chi connectivity index (χ2v) is 2.53. The molecule has 0 heterocycles. The molecule has 63 valence electrons. The molecule has 12 heavy (non-hydrogen) atoms. The van der Waals surface area contributed by atoms with Gasteiger partial charge >= 0.3 is 0 Å².